The van der Waals surface area contributed by atoms with E-state index in [-0.39, 0.29) is 0 Å². The van der Waals surface area contributed by atoms with Crippen LogP contribution in [0.4, 0.5) is 0 Å². The van der Waals surface area contributed by atoms with Gasteiger partial charge < -0.3 is 5.11 Å². The lowest BCUT2D eigenvalue weighted by Crippen LogP contribution is -2.10. The Bertz CT molecular complexity index is 514. The van der Waals surface area contributed by atoms with E-state index in [2.05, 4.69) is 16.4 Å². The number of aromatic nitrogens is 3. The molecular formula is C11H13N3O. The Balaban J connectivity index is 2.01. The number of hydrogen-bond donors (Lipinski definition) is 1. The van der Waals surface area contributed by atoms with E-state index in [0.717, 1.165) is 35.9 Å². The minimum absolute atomic E-state index is 0.431. The molecule has 2 aromatic rings. The van der Waals surface area contributed by atoms with Crippen LogP contribution in [0, 0.1) is 0 Å². The molecule has 1 fully saturated rings. The summed E-state index contributed by atoms with van der Waals surface area (Å²) in [6, 6.07) is 6.04. The summed E-state index contributed by atoms with van der Waals surface area (Å²) >= 11 is 0. The van der Waals surface area contributed by atoms with Gasteiger partial charge in [0.05, 0.1) is 11.1 Å². The van der Waals surface area contributed by atoms with Crippen LogP contribution in [-0.2, 0) is 13.5 Å². The maximum atomic E-state index is 9.84. The molecule has 1 aromatic carbocycles. The van der Waals surface area contributed by atoms with Crippen molar-refractivity contribution in [2.75, 3.05) is 0 Å². The molecule has 0 spiro atoms. The highest BCUT2D eigenvalue weighted by Crippen LogP contribution is 2.38. The second kappa shape index (κ2) is 2.79. The Kier molecular flexibility index (Phi) is 1.65. The fraction of sp³-hybridized carbons (Fsp3) is 0.455. The standard InChI is InChI=1S/C11H13N3O/c1-14-10-6-8(7-11(15)4-5-11)2-3-9(10)12-13-14/h2-3,6,15H,4-5,7H2,1H3. The second-order valence-electron chi connectivity index (χ2n) is 4.44. The molecule has 0 saturated heterocycles. The van der Waals surface area contributed by atoms with Crippen molar-refractivity contribution in [3.8, 4) is 0 Å². The third-order valence-corrected chi connectivity index (χ3v) is 3.04. The van der Waals surface area contributed by atoms with Crippen LogP contribution in [0.2, 0.25) is 0 Å². The zero-order valence-corrected chi connectivity index (χ0v) is 8.64. The molecule has 1 N–H and O–H groups in total. The van der Waals surface area contributed by atoms with Gasteiger partial charge in [0, 0.05) is 13.5 Å². The van der Waals surface area contributed by atoms with Crippen LogP contribution in [0.3, 0.4) is 0 Å². The lowest BCUT2D eigenvalue weighted by atomic mass is 10.1. The molecule has 0 bridgehead atoms. The molecular weight excluding hydrogens is 190 g/mol. The van der Waals surface area contributed by atoms with Crippen molar-refractivity contribution in [1.82, 2.24) is 15.0 Å². The van der Waals surface area contributed by atoms with E-state index in [1.165, 1.54) is 0 Å². The maximum Gasteiger partial charge on any atom is 0.113 e. The molecule has 0 atom stereocenters. The van der Waals surface area contributed by atoms with E-state index < -0.39 is 5.60 Å². The summed E-state index contributed by atoms with van der Waals surface area (Å²) in [5, 5.41) is 17.8. The number of fused-ring (bicyclic) bond motifs is 1. The second-order valence-corrected chi connectivity index (χ2v) is 4.44. The number of aryl methyl sites for hydroxylation is 1. The van der Waals surface area contributed by atoms with E-state index in [0.29, 0.717) is 0 Å². The monoisotopic (exact) mass is 203 g/mol. The van der Waals surface area contributed by atoms with E-state index in [1.807, 2.05) is 19.2 Å². The Morgan fingerprint density at radius 2 is 2.27 bits per heavy atom. The predicted molar refractivity (Wildman–Crippen MR) is 56.4 cm³/mol. The highest BCUT2D eigenvalue weighted by atomic mass is 16.3. The summed E-state index contributed by atoms with van der Waals surface area (Å²) in [5.41, 5.74) is 2.66. The highest BCUT2D eigenvalue weighted by Gasteiger charge is 2.40. The average molecular weight is 203 g/mol. The lowest BCUT2D eigenvalue weighted by molar-refractivity contribution is 0.151. The fourth-order valence-electron chi connectivity index (χ4n) is 1.89. The molecule has 0 amide bonds. The van der Waals surface area contributed by atoms with Crippen LogP contribution in [0.15, 0.2) is 18.2 Å². The molecule has 1 aliphatic rings. The van der Waals surface area contributed by atoms with Crippen LogP contribution in [-0.4, -0.2) is 25.7 Å². The van der Waals surface area contributed by atoms with Gasteiger partial charge in [0.25, 0.3) is 0 Å². The maximum absolute atomic E-state index is 9.84. The Hall–Kier alpha value is -1.42. The fourth-order valence-corrected chi connectivity index (χ4v) is 1.89. The molecule has 1 aliphatic carbocycles. The summed E-state index contributed by atoms with van der Waals surface area (Å²) in [4.78, 5) is 0. The predicted octanol–water partition coefficient (Wildman–Crippen LogP) is 1.04. The van der Waals surface area contributed by atoms with E-state index >= 15 is 0 Å². The van der Waals surface area contributed by atoms with Gasteiger partial charge >= 0.3 is 0 Å². The van der Waals surface area contributed by atoms with Crippen molar-refractivity contribution in [2.45, 2.75) is 24.9 Å². The molecule has 1 saturated carbocycles. The number of nitrogens with zero attached hydrogens (tertiary/aromatic N) is 3. The van der Waals surface area contributed by atoms with E-state index in [1.54, 1.807) is 4.68 Å². The quantitative estimate of drug-likeness (QED) is 0.793. The van der Waals surface area contributed by atoms with Gasteiger partial charge in [0.1, 0.15) is 5.52 Å². The van der Waals surface area contributed by atoms with Gasteiger partial charge in [0.2, 0.25) is 0 Å². The molecule has 0 radical (unpaired) electrons. The van der Waals surface area contributed by atoms with Crippen molar-refractivity contribution in [1.29, 1.82) is 0 Å². The first-order valence-electron chi connectivity index (χ1n) is 5.17. The van der Waals surface area contributed by atoms with Crippen LogP contribution in [0.1, 0.15) is 18.4 Å². The Morgan fingerprint density at radius 1 is 1.47 bits per heavy atom. The molecule has 4 nitrogen and oxygen atoms in total. The lowest BCUT2D eigenvalue weighted by Gasteiger charge is -2.07. The molecule has 0 aliphatic heterocycles. The number of hydrogen-bond acceptors (Lipinski definition) is 3. The van der Waals surface area contributed by atoms with Crippen molar-refractivity contribution in [3.63, 3.8) is 0 Å². The molecule has 78 valence electrons. The van der Waals surface area contributed by atoms with Gasteiger partial charge in [0.15, 0.2) is 0 Å². The van der Waals surface area contributed by atoms with Crippen LogP contribution in [0.25, 0.3) is 11.0 Å². The molecule has 1 heterocycles. The molecule has 3 rings (SSSR count). The summed E-state index contributed by atoms with van der Waals surface area (Å²) < 4.78 is 1.76. The third-order valence-electron chi connectivity index (χ3n) is 3.04. The van der Waals surface area contributed by atoms with E-state index in [9.17, 15) is 5.11 Å². The summed E-state index contributed by atoms with van der Waals surface area (Å²) in [7, 11) is 1.88. The SMILES string of the molecule is Cn1nnc2ccc(CC3(O)CC3)cc21. The minimum Gasteiger partial charge on any atom is -0.390 e. The normalized spacial score (nSPS) is 18.3. The highest BCUT2D eigenvalue weighted by molar-refractivity contribution is 5.74. The first kappa shape index (κ1) is 8.85. The van der Waals surface area contributed by atoms with Crippen molar-refractivity contribution in [3.05, 3.63) is 23.8 Å². The topological polar surface area (TPSA) is 50.9 Å². The van der Waals surface area contributed by atoms with Crippen LogP contribution in [0.5, 0.6) is 0 Å². The summed E-state index contributed by atoms with van der Waals surface area (Å²) in [6.07, 6.45) is 2.59. The Morgan fingerprint density at radius 3 is 3.00 bits per heavy atom. The van der Waals surface area contributed by atoms with Gasteiger partial charge in [-0.25, -0.2) is 4.68 Å². The zero-order valence-electron chi connectivity index (χ0n) is 8.64. The molecule has 0 unspecified atom stereocenters. The van der Waals surface area contributed by atoms with Crippen molar-refractivity contribution in [2.24, 2.45) is 7.05 Å². The summed E-state index contributed by atoms with van der Waals surface area (Å²) in [5.74, 6) is 0. The van der Waals surface area contributed by atoms with Gasteiger partial charge in [-0.2, -0.15) is 0 Å². The Labute approximate surface area is 87.5 Å². The summed E-state index contributed by atoms with van der Waals surface area (Å²) in [6.45, 7) is 0. The molecule has 4 heteroatoms. The van der Waals surface area contributed by atoms with Gasteiger partial charge in [-0.15, -0.1) is 5.10 Å². The van der Waals surface area contributed by atoms with Crippen LogP contribution < -0.4 is 0 Å². The zero-order chi connectivity index (χ0) is 10.5. The first-order chi connectivity index (χ1) is 7.16. The van der Waals surface area contributed by atoms with Gasteiger partial charge in [-0.1, -0.05) is 11.3 Å². The molecule has 15 heavy (non-hydrogen) atoms. The number of aliphatic hydroxyl groups is 1. The third kappa shape index (κ3) is 1.51. The average Bonchev–Trinajstić information content (AvgIpc) is 2.82. The van der Waals surface area contributed by atoms with Crippen molar-refractivity contribution >= 4 is 11.0 Å². The van der Waals surface area contributed by atoms with Gasteiger partial charge in [-0.05, 0) is 30.5 Å². The number of benzene rings is 1. The van der Waals surface area contributed by atoms with E-state index in [4.69, 9.17) is 0 Å². The van der Waals surface area contributed by atoms with Gasteiger partial charge in [-0.3, -0.25) is 0 Å². The smallest absolute Gasteiger partial charge is 0.113 e. The molecule has 1 aromatic heterocycles. The minimum atomic E-state index is -0.431. The largest absolute Gasteiger partial charge is 0.390 e. The first-order valence-corrected chi connectivity index (χ1v) is 5.17. The number of rotatable bonds is 2. The van der Waals surface area contributed by atoms with Crippen LogP contribution >= 0.6 is 0 Å². The van der Waals surface area contributed by atoms with Crippen molar-refractivity contribution < 1.29 is 5.11 Å².